The molecule has 0 saturated heterocycles. The maximum absolute atomic E-state index is 12.4. The summed E-state index contributed by atoms with van der Waals surface area (Å²) < 4.78 is 5.51. The van der Waals surface area contributed by atoms with E-state index < -0.39 is 5.54 Å². The Bertz CT molecular complexity index is 776. The number of hydrogen-bond donors (Lipinski definition) is 2. The van der Waals surface area contributed by atoms with E-state index in [0.717, 1.165) is 17.9 Å². The molecule has 0 radical (unpaired) electrons. The summed E-state index contributed by atoms with van der Waals surface area (Å²) in [7, 11) is 1.61. The third-order valence-corrected chi connectivity index (χ3v) is 5.28. The van der Waals surface area contributed by atoms with Crippen molar-refractivity contribution in [2.24, 2.45) is 21.6 Å². The number of ether oxygens (including phenoxy) is 1. The normalized spacial score (nSPS) is 28.3. The summed E-state index contributed by atoms with van der Waals surface area (Å²) >= 11 is 1.55. The van der Waals surface area contributed by atoms with Gasteiger partial charge in [0, 0.05) is 25.3 Å². The Morgan fingerprint density at radius 3 is 2.88 bits per heavy atom. The Kier molecular flexibility index (Phi) is 5.38. The zero-order valence-electron chi connectivity index (χ0n) is 15.0. The highest BCUT2D eigenvalue weighted by Crippen LogP contribution is 2.37. The highest BCUT2D eigenvalue weighted by molar-refractivity contribution is 8.13. The van der Waals surface area contributed by atoms with Crippen LogP contribution in [0.4, 0.5) is 0 Å². The average Bonchev–Trinajstić information content (AvgIpc) is 2.62. The Balaban J connectivity index is 1.82. The molecule has 3 atom stereocenters. The SMILES string of the molecule is COC1N=CC(NC(=O)c2cnc(C)cn2)=CC1[C@]1(C)CCSC(N)=N1. The van der Waals surface area contributed by atoms with E-state index in [-0.39, 0.29) is 23.7 Å². The third kappa shape index (κ3) is 3.94. The molecule has 2 unspecified atom stereocenters. The maximum Gasteiger partial charge on any atom is 0.275 e. The smallest absolute Gasteiger partial charge is 0.275 e. The highest BCUT2D eigenvalue weighted by atomic mass is 32.2. The lowest BCUT2D eigenvalue weighted by Gasteiger charge is -2.39. The number of amides is 1. The van der Waals surface area contributed by atoms with E-state index in [9.17, 15) is 4.79 Å². The van der Waals surface area contributed by atoms with E-state index >= 15 is 0 Å². The van der Waals surface area contributed by atoms with Crippen LogP contribution in [-0.2, 0) is 4.74 Å². The number of thioether (sulfide) groups is 1. The fraction of sp³-hybridized carbons (Fsp3) is 0.471. The van der Waals surface area contributed by atoms with E-state index in [1.165, 1.54) is 6.20 Å². The molecule has 138 valence electrons. The standard InChI is InChI=1S/C17H22N6O2S/c1-10-7-20-13(9-19-10)14(24)22-11-6-12(15(25-3)21-8-11)17(2)4-5-26-16(18)23-17/h6-9,12,15H,4-5H2,1-3H3,(H2,18,23)(H,22,24)/t12?,15?,17-/m0/s1. The summed E-state index contributed by atoms with van der Waals surface area (Å²) in [6.45, 7) is 3.86. The molecule has 0 fully saturated rings. The molecule has 3 N–H and O–H groups in total. The van der Waals surface area contributed by atoms with Gasteiger partial charge in [-0.2, -0.15) is 0 Å². The molecule has 8 nitrogen and oxygen atoms in total. The molecule has 0 bridgehead atoms. The first-order valence-electron chi connectivity index (χ1n) is 8.27. The molecular formula is C17H22N6O2S. The second kappa shape index (κ2) is 7.55. The summed E-state index contributed by atoms with van der Waals surface area (Å²) in [5, 5.41) is 3.39. The van der Waals surface area contributed by atoms with Crippen LogP contribution in [0.25, 0.3) is 0 Å². The molecule has 0 spiro atoms. The molecule has 26 heavy (non-hydrogen) atoms. The van der Waals surface area contributed by atoms with Crippen LogP contribution in [0.3, 0.4) is 0 Å². The molecule has 3 heterocycles. The molecule has 2 aliphatic heterocycles. The van der Waals surface area contributed by atoms with Crippen LogP contribution in [0, 0.1) is 12.8 Å². The molecule has 1 aromatic rings. The second-order valence-corrected chi connectivity index (χ2v) is 7.57. The van der Waals surface area contributed by atoms with Crippen LogP contribution in [-0.4, -0.2) is 51.9 Å². The number of allylic oxidation sites excluding steroid dienone is 1. The summed E-state index contributed by atoms with van der Waals surface area (Å²) in [6, 6.07) is 0. The molecular weight excluding hydrogens is 352 g/mol. The quantitative estimate of drug-likeness (QED) is 0.820. The predicted molar refractivity (Wildman–Crippen MR) is 102 cm³/mol. The summed E-state index contributed by atoms with van der Waals surface area (Å²) in [5.41, 5.74) is 7.08. The zero-order chi connectivity index (χ0) is 18.7. The lowest BCUT2D eigenvalue weighted by molar-refractivity contribution is 0.0466. The van der Waals surface area contributed by atoms with Gasteiger partial charge in [0.05, 0.1) is 29.0 Å². The van der Waals surface area contributed by atoms with Crippen molar-refractivity contribution in [2.75, 3.05) is 12.9 Å². The van der Waals surface area contributed by atoms with Gasteiger partial charge in [-0.05, 0) is 26.3 Å². The van der Waals surface area contributed by atoms with Crippen LogP contribution < -0.4 is 11.1 Å². The number of carbonyl (C=O) groups excluding carboxylic acids is 1. The first-order valence-corrected chi connectivity index (χ1v) is 9.26. The number of methoxy groups -OCH3 is 1. The van der Waals surface area contributed by atoms with Gasteiger partial charge in [0.25, 0.3) is 5.91 Å². The molecule has 3 rings (SSSR count). The van der Waals surface area contributed by atoms with E-state index in [0.29, 0.717) is 10.9 Å². The average molecular weight is 374 g/mol. The van der Waals surface area contributed by atoms with Crippen LogP contribution in [0.1, 0.15) is 29.5 Å². The molecule has 0 saturated carbocycles. The van der Waals surface area contributed by atoms with Gasteiger partial charge in [-0.15, -0.1) is 0 Å². The lowest BCUT2D eigenvalue weighted by Crippen LogP contribution is -2.45. The minimum absolute atomic E-state index is 0.142. The van der Waals surface area contributed by atoms with Gasteiger partial charge in [0.2, 0.25) is 0 Å². The number of nitrogens with zero attached hydrogens (tertiary/aromatic N) is 4. The largest absolute Gasteiger partial charge is 0.379 e. The Hall–Kier alpha value is -2.26. The second-order valence-electron chi connectivity index (χ2n) is 6.46. The molecule has 1 amide bonds. The van der Waals surface area contributed by atoms with E-state index in [2.05, 4.69) is 25.3 Å². The first-order chi connectivity index (χ1) is 12.4. The maximum atomic E-state index is 12.4. The topological polar surface area (TPSA) is 115 Å². The van der Waals surface area contributed by atoms with Crippen LogP contribution >= 0.6 is 11.8 Å². The zero-order valence-corrected chi connectivity index (χ0v) is 15.8. The molecule has 0 aromatic carbocycles. The Morgan fingerprint density at radius 2 is 2.23 bits per heavy atom. The van der Waals surface area contributed by atoms with Gasteiger partial charge < -0.3 is 15.8 Å². The number of aliphatic imine (C=N–C) groups is 2. The highest BCUT2D eigenvalue weighted by Gasteiger charge is 2.41. The lowest BCUT2D eigenvalue weighted by atomic mass is 9.81. The van der Waals surface area contributed by atoms with Gasteiger partial charge >= 0.3 is 0 Å². The van der Waals surface area contributed by atoms with E-state index in [1.807, 2.05) is 19.9 Å². The molecule has 0 aliphatic carbocycles. The van der Waals surface area contributed by atoms with E-state index in [4.69, 9.17) is 10.5 Å². The monoisotopic (exact) mass is 374 g/mol. The molecule has 2 aliphatic rings. The number of nitrogens with two attached hydrogens (primary N) is 1. The minimum Gasteiger partial charge on any atom is -0.379 e. The molecule has 1 aromatic heterocycles. The van der Waals surface area contributed by atoms with Gasteiger partial charge in [0.15, 0.2) is 11.4 Å². The number of hydrogen-bond acceptors (Lipinski definition) is 8. The third-order valence-electron chi connectivity index (χ3n) is 4.48. The van der Waals surface area contributed by atoms with Crippen molar-refractivity contribution in [1.82, 2.24) is 15.3 Å². The van der Waals surface area contributed by atoms with Gasteiger partial charge in [0.1, 0.15) is 5.69 Å². The van der Waals surface area contributed by atoms with Crippen LogP contribution in [0.2, 0.25) is 0 Å². The summed E-state index contributed by atoms with van der Waals surface area (Å²) in [4.78, 5) is 29.7. The number of amidine groups is 1. The fourth-order valence-corrected chi connectivity index (χ4v) is 3.98. The molecule has 9 heteroatoms. The fourth-order valence-electron chi connectivity index (χ4n) is 2.98. The van der Waals surface area contributed by atoms with E-state index in [1.54, 1.807) is 31.3 Å². The van der Waals surface area contributed by atoms with Crippen molar-refractivity contribution < 1.29 is 9.53 Å². The Morgan fingerprint density at radius 1 is 1.42 bits per heavy atom. The number of aryl methyl sites for hydroxylation is 1. The van der Waals surface area contributed by atoms with Crippen molar-refractivity contribution in [3.63, 3.8) is 0 Å². The van der Waals surface area contributed by atoms with Crippen molar-refractivity contribution in [1.29, 1.82) is 0 Å². The predicted octanol–water partition coefficient (Wildman–Crippen LogP) is 1.28. The first kappa shape index (κ1) is 18.5. The van der Waals surface area contributed by atoms with Crippen LogP contribution in [0.5, 0.6) is 0 Å². The van der Waals surface area contributed by atoms with Crippen molar-refractivity contribution in [3.8, 4) is 0 Å². The number of dihydropyridines is 1. The summed E-state index contributed by atoms with van der Waals surface area (Å²) in [6.07, 6.45) is 7.01. The number of carbonyl (C=O) groups is 1. The van der Waals surface area contributed by atoms with Gasteiger partial charge in [-0.25, -0.2) is 4.98 Å². The number of aromatic nitrogens is 2. The Labute approximate surface area is 156 Å². The van der Waals surface area contributed by atoms with Gasteiger partial charge in [-0.1, -0.05) is 11.8 Å². The summed E-state index contributed by atoms with van der Waals surface area (Å²) in [5.74, 6) is 0.408. The van der Waals surface area contributed by atoms with Gasteiger partial charge in [-0.3, -0.25) is 19.8 Å². The number of nitrogens with one attached hydrogen (secondary N) is 1. The van der Waals surface area contributed by atoms with Crippen molar-refractivity contribution in [2.45, 2.75) is 32.0 Å². The van der Waals surface area contributed by atoms with Crippen LogP contribution in [0.15, 0.2) is 34.2 Å². The number of rotatable bonds is 4. The minimum atomic E-state index is -0.437. The van der Waals surface area contributed by atoms with Crippen molar-refractivity contribution in [3.05, 3.63) is 35.6 Å². The van der Waals surface area contributed by atoms with Crippen molar-refractivity contribution >= 4 is 29.1 Å².